The molecule has 0 bridgehead atoms. The number of carbonyl (C=O) groups excluding carboxylic acids is 1. The van der Waals surface area contributed by atoms with E-state index in [-0.39, 0.29) is 5.91 Å². The van der Waals surface area contributed by atoms with E-state index in [0.29, 0.717) is 13.0 Å². The van der Waals surface area contributed by atoms with E-state index in [2.05, 4.69) is 15.3 Å². The molecule has 0 aliphatic heterocycles. The van der Waals surface area contributed by atoms with Crippen molar-refractivity contribution in [3.05, 3.63) is 34.9 Å². The fourth-order valence-electron chi connectivity index (χ4n) is 1.35. The van der Waals surface area contributed by atoms with Gasteiger partial charge in [-0.1, -0.05) is 6.92 Å². The Morgan fingerprint density at radius 2 is 2.18 bits per heavy atom. The molecule has 2 heterocycles. The van der Waals surface area contributed by atoms with Crippen molar-refractivity contribution < 1.29 is 4.79 Å². The van der Waals surface area contributed by atoms with Gasteiger partial charge in [0, 0.05) is 29.8 Å². The van der Waals surface area contributed by atoms with Crippen LogP contribution < -0.4 is 5.32 Å². The number of hydrogen-bond acceptors (Lipinski definition) is 4. The van der Waals surface area contributed by atoms with Gasteiger partial charge in [0.2, 0.25) is 5.91 Å². The van der Waals surface area contributed by atoms with Crippen LogP contribution in [-0.2, 0) is 11.3 Å². The lowest BCUT2D eigenvalue weighted by Crippen LogP contribution is -2.21. The van der Waals surface area contributed by atoms with E-state index in [1.54, 1.807) is 23.7 Å². The lowest BCUT2D eigenvalue weighted by Gasteiger charge is -1.99. The fraction of sp³-hybridized carbons (Fsp3) is 0.250. The molecule has 0 aliphatic rings. The van der Waals surface area contributed by atoms with Gasteiger partial charge in [-0.3, -0.25) is 9.78 Å². The number of nitrogens with one attached hydrogen (secondary N) is 1. The highest BCUT2D eigenvalue weighted by atomic mass is 32.1. The predicted octanol–water partition coefficient (Wildman–Crippen LogP) is 2.23. The Balaban J connectivity index is 2.04. The molecular weight excluding hydrogens is 234 g/mol. The van der Waals surface area contributed by atoms with Crippen LogP contribution in [0.5, 0.6) is 0 Å². The normalized spacial score (nSPS) is 10.2. The summed E-state index contributed by atoms with van der Waals surface area (Å²) in [7, 11) is 0. The zero-order valence-corrected chi connectivity index (χ0v) is 10.3. The van der Waals surface area contributed by atoms with Crippen LogP contribution in [0.3, 0.4) is 0 Å². The van der Waals surface area contributed by atoms with Gasteiger partial charge in [-0.05, 0) is 12.1 Å². The number of pyridine rings is 1. The first-order valence-corrected chi connectivity index (χ1v) is 6.29. The molecule has 1 N–H and O–H groups in total. The zero-order chi connectivity index (χ0) is 12.1. The molecule has 2 aromatic heterocycles. The van der Waals surface area contributed by atoms with Crippen LogP contribution in [0.25, 0.3) is 11.3 Å². The van der Waals surface area contributed by atoms with Gasteiger partial charge in [0.05, 0.1) is 12.2 Å². The predicted molar refractivity (Wildman–Crippen MR) is 67.5 cm³/mol. The summed E-state index contributed by atoms with van der Waals surface area (Å²) >= 11 is 1.55. The van der Waals surface area contributed by atoms with Crippen molar-refractivity contribution in [3.63, 3.8) is 0 Å². The molecule has 4 nitrogen and oxygen atoms in total. The first kappa shape index (κ1) is 11.7. The van der Waals surface area contributed by atoms with Crippen molar-refractivity contribution in [2.24, 2.45) is 0 Å². The Kier molecular flexibility index (Phi) is 3.82. The third kappa shape index (κ3) is 3.10. The Labute approximate surface area is 104 Å². The SMILES string of the molecule is CCC(=O)NCc1nc(-c2ccncc2)cs1. The lowest BCUT2D eigenvalue weighted by molar-refractivity contribution is -0.120. The van der Waals surface area contributed by atoms with Crippen LogP contribution in [0, 0.1) is 0 Å². The molecule has 5 heteroatoms. The van der Waals surface area contributed by atoms with Gasteiger partial charge in [0.25, 0.3) is 0 Å². The summed E-state index contributed by atoms with van der Waals surface area (Å²) in [5.41, 5.74) is 1.97. The molecule has 0 spiro atoms. The van der Waals surface area contributed by atoms with Gasteiger partial charge < -0.3 is 5.32 Å². The summed E-state index contributed by atoms with van der Waals surface area (Å²) in [6.07, 6.45) is 3.99. The number of thiazole rings is 1. The summed E-state index contributed by atoms with van der Waals surface area (Å²) in [6, 6.07) is 3.84. The van der Waals surface area contributed by atoms with Crippen molar-refractivity contribution >= 4 is 17.2 Å². The average molecular weight is 247 g/mol. The lowest BCUT2D eigenvalue weighted by atomic mass is 10.2. The van der Waals surface area contributed by atoms with Gasteiger partial charge in [0.15, 0.2) is 0 Å². The van der Waals surface area contributed by atoms with E-state index in [1.807, 2.05) is 24.4 Å². The molecule has 1 amide bonds. The van der Waals surface area contributed by atoms with Gasteiger partial charge in [-0.15, -0.1) is 11.3 Å². The van der Waals surface area contributed by atoms with Crippen molar-refractivity contribution in [2.45, 2.75) is 19.9 Å². The summed E-state index contributed by atoms with van der Waals surface area (Å²) in [5, 5.41) is 5.71. The highest BCUT2D eigenvalue weighted by Crippen LogP contribution is 2.20. The van der Waals surface area contributed by atoms with Gasteiger partial charge >= 0.3 is 0 Å². The highest BCUT2D eigenvalue weighted by molar-refractivity contribution is 7.09. The Bertz CT molecular complexity index is 495. The highest BCUT2D eigenvalue weighted by Gasteiger charge is 2.05. The second-order valence-electron chi connectivity index (χ2n) is 3.49. The first-order chi connectivity index (χ1) is 8.29. The Hall–Kier alpha value is -1.75. The second-order valence-corrected chi connectivity index (χ2v) is 4.44. The van der Waals surface area contributed by atoms with Crippen LogP contribution in [0.15, 0.2) is 29.9 Å². The largest absolute Gasteiger partial charge is 0.350 e. The van der Waals surface area contributed by atoms with Crippen LogP contribution in [0.2, 0.25) is 0 Å². The molecular formula is C12H13N3OS. The van der Waals surface area contributed by atoms with E-state index < -0.39 is 0 Å². The quantitative estimate of drug-likeness (QED) is 0.901. The van der Waals surface area contributed by atoms with E-state index in [1.165, 1.54) is 0 Å². The second kappa shape index (κ2) is 5.54. The molecule has 2 aromatic rings. The maximum Gasteiger partial charge on any atom is 0.220 e. The third-order valence-corrected chi connectivity index (χ3v) is 3.13. The van der Waals surface area contributed by atoms with Gasteiger partial charge in [-0.25, -0.2) is 4.98 Å². The number of carbonyl (C=O) groups is 1. The number of rotatable bonds is 4. The van der Waals surface area contributed by atoms with Crippen LogP contribution >= 0.6 is 11.3 Å². The van der Waals surface area contributed by atoms with Crippen molar-refractivity contribution in [1.29, 1.82) is 0 Å². The molecule has 17 heavy (non-hydrogen) atoms. The monoisotopic (exact) mass is 247 g/mol. The van der Waals surface area contributed by atoms with Crippen molar-refractivity contribution in [1.82, 2.24) is 15.3 Å². The molecule has 0 atom stereocenters. The Morgan fingerprint density at radius 1 is 1.41 bits per heavy atom. The van der Waals surface area contributed by atoms with Gasteiger partial charge in [-0.2, -0.15) is 0 Å². The smallest absolute Gasteiger partial charge is 0.220 e. The summed E-state index contributed by atoms with van der Waals surface area (Å²) < 4.78 is 0. The number of aromatic nitrogens is 2. The molecule has 0 unspecified atom stereocenters. The standard InChI is InChI=1S/C12H13N3OS/c1-2-11(16)14-7-12-15-10(8-17-12)9-3-5-13-6-4-9/h3-6,8H,2,7H2,1H3,(H,14,16). The molecule has 0 fully saturated rings. The molecule has 0 radical (unpaired) electrons. The van der Waals surface area contributed by atoms with Crippen molar-refractivity contribution in [3.8, 4) is 11.3 Å². The van der Waals surface area contributed by atoms with Crippen LogP contribution in [0.4, 0.5) is 0 Å². The number of nitrogens with zero attached hydrogens (tertiary/aromatic N) is 2. The van der Waals surface area contributed by atoms with E-state index >= 15 is 0 Å². The summed E-state index contributed by atoms with van der Waals surface area (Å²) in [6.45, 7) is 2.34. The maximum atomic E-state index is 11.1. The molecule has 2 rings (SSSR count). The number of hydrogen-bond donors (Lipinski definition) is 1. The van der Waals surface area contributed by atoms with Gasteiger partial charge in [0.1, 0.15) is 5.01 Å². The maximum absolute atomic E-state index is 11.1. The zero-order valence-electron chi connectivity index (χ0n) is 9.51. The van der Waals surface area contributed by atoms with E-state index in [9.17, 15) is 4.79 Å². The van der Waals surface area contributed by atoms with Crippen LogP contribution in [0.1, 0.15) is 18.4 Å². The first-order valence-electron chi connectivity index (χ1n) is 5.41. The summed E-state index contributed by atoms with van der Waals surface area (Å²) in [5.74, 6) is 0.0469. The fourth-order valence-corrected chi connectivity index (χ4v) is 2.09. The molecule has 0 saturated heterocycles. The minimum Gasteiger partial charge on any atom is -0.350 e. The third-order valence-electron chi connectivity index (χ3n) is 2.29. The average Bonchev–Trinajstić information content (AvgIpc) is 2.86. The Morgan fingerprint density at radius 3 is 2.88 bits per heavy atom. The van der Waals surface area contributed by atoms with Crippen LogP contribution in [-0.4, -0.2) is 15.9 Å². The molecule has 0 aromatic carbocycles. The topological polar surface area (TPSA) is 54.9 Å². The van der Waals surface area contributed by atoms with E-state index in [4.69, 9.17) is 0 Å². The molecule has 0 aliphatic carbocycles. The minimum atomic E-state index is 0.0469. The van der Waals surface area contributed by atoms with E-state index in [0.717, 1.165) is 16.3 Å². The summed E-state index contributed by atoms with van der Waals surface area (Å²) in [4.78, 5) is 19.5. The number of amides is 1. The molecule has 0 saturated carbocycles. The minimum absolute atomic E-state index is 0.0469. The van der Waals surface area contributed by atoms with Crippen molar-refractivity contribution in [2.75, 3.05) is 0 Å². The molecule has 88 valence electrons.